The van der Waals surface area contributed by atoms with Gasteiger partial charge in [-0.25, -0.2) is 4.79 Å². The number of aromatic nitrogens is 3. The summed E-state index contributed by atoms with van der Waals surface area (Å²) >= 11 is 3.23. The highest BCUT2D eigenvalue weighted by Crippen LogP contribution is 2.21. The zero-order valence-corrected chi connectivity index (χ0v) is 11.0. The number of anilines is 1. The summed E-state index contributed by atoms with van der Waals surface area (Å²) in [5.74, 6) is -0.948. The third-order valence-electron chi connectivity index (χ3n) is 2.34. The van der Waals surface area contributed by atoms with Gasteiger partial charge in [0.25, 0.3) is 0 Å². The van der Waals surface area contributed by atoms with Crippen molar-refractivity contribution in [1.82, 2.24) is 15.0 Å². The van der Waals surface area contributed by atoms with E-state index in [0.717, 1.165) is 5.69 Å². The molecule has 0 saturated carbocycles. The van der Waals surface area contributed by atoms with Crippen molar-refractivity contribution in [3.63, 3.8) is 0 Å². The number of benzene rings is 1. The highest BCUT2D eigenvalue weighted by Gasteiger charge is 2.07. The molecule has 1 aromatic heterocycles. The highest BCUT2D eigenvalue weighted by molar-refractivity contribution is 9.10. The van der Waals surface area contributed by atoms with E-state index in [0.29, 0.717) is 17.6 Å². The summed E-state index contributed by atoms with van der Waals surface area (Å²) in [7, 11) is 0. The van der Waals surface area contributed by atoms with Gasteiger partial charge in [0, 0.05) is 22.9 Å². The van der Waals surface area contributed by atoms with E-state index in [1.165, 1.54) is 0 Å². The normalized spacial score (nSPS) is 10.3. The number of carboxylic acid groups (broad SMARTS) is 1. The molecule has 2 aromatic rings. The lowest BCUT2D eigenvalue weighted by molar-refractivity contribution is 0.0696. The van der Waals surface area contributed by atoms with Crippen molar-refractivity contribution in [2.24, 2.45) is 0 Å². The summed E-state index contributed by atoms with van der Waals surface area (Å²) in [6.07, 6.45) is 3.41. The molecule has 7 heteroatoms. The van der Waals surface area contributed by atoms with Crippen LogP contribution in [0.5, 0.6) is 0 Å². The molecular formula is C11H11BrN4O2. The maximum absolute atomic E-state index is 10.8. The van der Waals surface area contributed by atoms with E-state index in [4.69, 9.17) is 5.11 Å². The maximum Gasteiger partial charge on any atom is 0.336 e. The van der Waals surface area contributed by atoms with Crippen molar-refractivity contribution in [3.05, 3.63) is 40.6 Å². The fraction of sp³-hybridized carbons (Fsp3) is 0.182. The molecule has 0 aliphatic heterocycles. The quantitative estimate of drug-likeness (QED) is 0.881. The van der Waals surface area contributed by atoms with Crippen molar-refractivity contribution in [1.29, 1.82) is 0 Å². The molecule has 2 rings (SSSR count). The van der Waals surface area contributed by atoms with E-state index in [-0.39, 0.29) is 5.56 Å². The van der Waals surface area contributed by atoms with Crippen LogP contribution < -0.4 is 5.32 Å². The van der Waals surface area contributed by atoms with E-state index in [1.807, 2.05) is 0 Å². The molecule has 0 atom stereocenters. The van der Waals surface area contributed by atoms with Crippen molar-refractivity contribution >= 4 is 27.6 Å². The summed E-state index contributed by atoms with van der Waals surface area (Å²) in [4.78, 5) is 10.8. The van der Waals surface area contributed by atoms with E-state index < -0.39 is 5.97 Å². The van der Waals surface area contributed by atoms with Gasteiger partial charge in [0.15, 0.2) is 0 Å². The number of nitrogens with one attached hydrogen (secondary N) is 1. The molecular weight excluding hydrogens is 300 g/mol. The van der Waals surface area contributed by atoms with Crippen molar-refractivity contribution < 1.29 is 9.90 Å². The fourth-order valence-electron chi connectivity index (χ4n) is 1.47. The fourth-order valence-corrected chi connectivity index (χ4v) is 2.01. The molecule has 2 N–H and O–H groups in total. The van der Waals surface area contributed by atoms with Crippen molar-refractivity contribution in [2.45, 2.75) is 6.54 Å². The first-order valence-corrected chi connectivity index (χ1v) is 6.07. The Hall–Kier alpha value is -1.89. The molecule has 94 valence electrons. The van der Waals surface area contributed by atoms with E-state index >= 15 is 0 Å². The van der Waals surface area contributed by atoms with Gasteiger partial charge in [-0.2, -0.15) is 0 Å². The molecule has 0 spiro atoms. The standard InChI is InChI=1S/C11H11BrN4O2/c12-10-7-8(1-2-9(10)11(17)18)13-3-5-16-6-4-14-15-16/h1-2,4,6-7,13H,3,5H2,(H,17,18). The number of halogens is 1. The number of nitrogens with zero attached hydrogens (tertiary/aromatic N) is 3. The Morgan fingerprint density at radius 1 is 1.50 bits per heavy atom. The first kappa shape index (κ1) is 12.6. The predicted molar refractivity (Wildman–Crippen MR) is 69.6 cm³/mol. The molecule has 18 heavy (non-hydrogen) atoms. The number of carbonyl (C=O) groups is 1. The predicted octanol–water partition coefficient (Wildman–Crippen LogP) is 1.85. The Balaban J connectivity index is 1.94. The number of hydrogen-bond donors (Lipinski definition) is 2. The molecule has 0 radical (unpaired) electrons. The number of rotatable bonds is 5. The summed E-state index contributed by atoms with van der Waals surface area (Å²) in [5.41, 5.74) is 1.10. The average molecular weight is 311 g/mol. The van der Waals surface area contributed by atoms with Gasteiger partial charge in [0.05, 0.1) is 18.3 Å². The monoisotopic (exact) mass is 310 g/mol. The first-order valence-electron chi connectivity index (χ1n) is 5.27. The van der Waals surface area contributed by atoms with E-state index in [1.54, 1.807) is 35.3 Å². The van der Waals surface area contributed by atoms with Gasteiger partial charge >= 0.3 is 5.97 Å². The van der Waals surface area contributed by atoms with Crippen LogP contribution in [-0.4, -0.2) is 32.6 Å². The zero-order valence-electron chi connectivity index (χ0n) is 9.38. The van der Waals surface area contributed by atoms with Crippen LogP contribution in [0.4, 0.5) is 5.69 Å². The van der Waals surface area contributed by atoms with Crippen LogP contribution >= 0.6 is 15.9 Å². The van der Waals surface area contributed by atoms with Gasteiger partial charge in [0.2, 0.25) is 0 Å². The molecule has 1 heterocycles. The van der Waals surface area contributed by atoms with E-state index in [2.05, 4.69) is 31.6 Å². The second kappa shape index (κ2) is 5.63. The lowest BCUT2D eigenvalue weighted by Gasteiger charge is -2.07. The van der Waals surface area contributed by atoms with Gasteiger partial charge in [-0.15, -0.1) is 5.10 Å². The summed E-state index contributed by atoms with van der Waals surface area (Å²) in [5, 5.41) is 19.6. The molecule has 0 bridgehead atoms. The molecule has 6 nitrogen and oxygen atoms in total. The second-order valence-corrected chi connectivity index (χ2v) is 4.45. The topological polar surface area (TPSA) is 80.0 Å². The van der Waals surface area contributed by atoms with Gasteiger partial charge < -0.3 is 10.4 Å². The number of aromatic carboxylic acids is 1. The van der Waals surface area contributed by atoms with Gasteiger partial charge in [0.1, 0.15) is 0 Å². The molecule has 0 amide bonds. The van der Waals surface area contributed by atoms with Crippen LogP contribution in [0.3, 0.4) is 0 Å². The third kappa shape index (κ3) is 3.07. The third-order valence-corrected chi connectivity index (χ3v) is 3.00. The summed E-state index contributed by atoms with van der Waals surface area (Å²) in [6.45, 7) is 1.38. The maximum atomic E-state index is 10.8. The largest absolute Gasteiger partial charge is 0.478 e. The molecule has 0 aliphatic rings. The van der Waals surface area contributed by atoms with E-state index in [9.17, 15) is 4.79 Å². The number of carboxylic acids is 1. The summed E-state index contributed by atoms with van der Waals surface area (Å²) < 4.78 is 2.27. The lowest BCUT2D eigenvalue weighted by atomic mass is 10.2. The minimum absolute atomic E-state index is 0.247. The first-order chi connectivity index (χ1) is 8.66. The van der Waals surface area contributed by atoms with Crippen molar-refractivity contribution in [3.8, 4) is 0 Å². The smallest absolute Gasteiger partial charge is 0.336 e. The van der Waals surface area contributed by atoms with Crippen LogP contribution in [0.15, 0.2) is 35.1 Å². The average Bonchev–Trinajstić information content (AvgIpc) is 2.81. The molecule has 0 unspecified atom stereocenters. The highest BCUT2D eigenvalue weighted by atomic mass is 79.9. The zero-order chi connectivity index (χ0) is 13.0. The summed E-state index contributed by atoms with van der Waals surface area (Å²) in [6, 6.07) is 5.03. The SMILES string of the molecule is O=C(O)c1ccc(NCCn2ccnn2)cc1Br. The Morgan fingerprint density at radius 3 is 2.94 bits per heavy atom. The Labute approximate surface area is 112 Å². The molecule has 0 saturated heterocycles. The number of hydrogen-bond acceptors (Lipinski definition) is 4. The van der Waals surface area contributed by atoms with Crippen LogP contribution in [0.2, 0.25) is 0 Å². The minimum atomic E-state index is -0.948. The van der Waals surface area contributed by atoms with Gasteiger partial charge in [-0.1, -0.05) is 5.21 Å². The van der Waals surface area contributed by atoms with Crippen LogP contribution in [-0.2, 0) is 6.54 Å². The van der Waals surface area contributed by atoms with Crippen LogP contribution in [0, 0.1) is 0 Å². The Kier molecular flexibility index (Phi) is 3.93. The molecule has 0 aliphatic carbocycles. The molecule has 1 aromatic carbocycles. The van der Waals surface area contributed by atoms with Crippen LogP contribution in [0.25, 0.3) is 0 Å². The minimum Gasteiger partial charge on any atom is -0.478 e. The molecule has 0 fully saturated rings. The van der Waals surface area contributed by atoms with Crippen LogP contribution in [0.1, 0.15) is 10.4 Å². The van der Waals surface area contributed by atoms with Gasteiger partial charge in [-0.3, -0.25) is 4.68 Å². The van der Waals surface area contributed by atoms with Gasteiger partial charge in [-0.05, 0) is 34.1 Å². The van der Waals surface area contributed by atoms with Crippen molar-refractivity contribution in [2.75, 3.05) is 11.9 Å². The lowest BCUT2D eigenvalue weighted by Crippen LogP contribution is -2.11. The second-order valence-electron chi connectivity index (χ2n) is 3.59. The Bertz CT molecular complexity index is 542. The Morgan fingerprint density at radius 2 is 2.33 bits per heavy atom.